The SMILES string of the molecule is CC(CSC1=C(C(=O)O)N2C(=O)C(C(C)O)[C@H]2S1)NC=N. The largest absolute Gasteiger partial charge is 0.477 e. The van der Waals surface area contributed by atoms with Gasteiger partial charge >= 0.3 is 5.97 Å². The van der Waals surface area contributed by atoms with E-state index in [1.165, 1.54) is 28.4 Å². The van der Waals surface area contributed by atoms with Crippen molar-refractivity contribution in [1.29, 1.82) is 5.41 Å². The summed E-state index contributed by atoms with van der Waals surface area (Å²) >= 11 is 2.67. The van der Waals surface area contributed by atoms with Gasteiger partial charge in [0.05, 0.1) is 22.6 Å². The molecule has 1 saturated heterocycles. The van der Waals surface area contributed by atoms with Gasteiger partial charge in [-0.15, -0.1) is 11.8 Å². The lowest BCUT2D eigenvalue weighted by molar-refractivity contribution is -0.156. The lowest BCUT2D eigenvalue weighted by Crippen LogP contribution is -2.60. The van der Waals surface area contributed by atoms with Crippen LogP contribution in [0.4, 0.5) is 0 Å². The Hall–Kier alpha value is -1.19. The van der Waals surface area contributed by atoms with E-state index >= 15 is 0 Å². The summed E-state index contributed by atoms with van der Waals surface area (Å²) in [6.45, 7) is 3.43. The van der Waals surface area contributed by atoms with Gasteiger partial charge in [0.2, 0.25) is 5.91 Å². The second-order valence-corrected chi connectivity index (χ2v) is 7.36. The zero-order valence-corrected chi connectivity index (χ0v) is 13.2. The fraction of sp³-hybridized carbons (Fsp3) is 0.583. The lowest BCUT2D eigenvalue weighted by atomic mass is 9.92. The molecule has 0 saturated carbocycles. The van der Waals surface area contributed by atoms with Gasteiger partial charge in [0.25, 0.3) is 0 Å². The summed E-state index contributed by atoms with van der Waals surface area (Å²) in [7, 11) is 0. The van der Waals surface area contributed by atoms with Crippen LogP contribution in [0.3, 0.4) is 0 Å². The molecule has 4 N–H and O–H groups in total. The summed E-state index contributed by atoms with van der Waals surface area (Å²) in [5.41, 5.74) is 0.0129. The van der Waals surface area contributed by atoms with Crippen molar-refractivity contribution in [3.63, 3.8) is 0 Å². The molecule has 116 valence electrons. The number of β-lactam (4-membered cyclic amide) rings is 1. The van der Waals surface area contributed by atoms with Crippen molar-refractivity contribution < 1.29 is 19.8 Å². The van der Waals surface area contributed by atoms with E-state index < -0.39 is 18.0 Å². The number of aliphatic hydroxyl groups excluding tert-OH is 1. The second kappa shape index (κ2) is 6.29. The lowest BCUT2D eigenvalue weighted by Gasteiger charge is -2.43. The van der Waals surface area contributed by atoms with Crippen LogP contribution in [0.25, 0.3) is 0 Å². The molecule has 2 rings (SSSR count). The van der Waals surface area contributed by atoms with Crippen LogP contribution in [0.15, 0.2) is 9.93 Å². The van der Waals surface area contributed by atoms with Gasteiger partial charge in [-0.2, -0.15) is 0 Å². The smallest absolute Gasteiger partial charge is 0.354 e. The third-order valence-corrected chi connectivity index (χ3v) is 6.22. The summed E-state index contributed by atoms with van der Waals surface area (Å²) in [5, 5.41) is 28.4. The number of amides is 1. The predicted molar refractivity (Wildman–Crippen MR) is 81.9 cm³/mol. The standard InChI is InChI=1S/C12H17N3O4S2/c1-5(14-4-13)3-20-12-8(11(18)19)15-9(17)7(6(2)16)10(15)21-12/h4-7,10,16H,3H2,1-2H3,(H2,13,14)(H,18,19)/t5?,6?,7?,10-/m1/s1. The molecule has 2 aliphatic heterocycles. The van der Waals surface area contributed by atoms with Crippen LogP contribution < -0.4 is 5.32 Å². The molecule has 0 spiro atoms. The van der Waals surface area contributed by atoms with Crippen LogP contribution in [-0.2, 0) is 9.59 Å². The third kappa shape index (κ3) is 2.90. The predicted octanol–water partition coefficient (Wildman–Crippen LogP) is 0.471. The average Bonchev–Trinajstić information content (AvgIpc) is 2.70. The number of carboxylic acids is 1. The van der Waals surface area contributed by atoms with Gasteiger partial charge in [0.1, 0.15) is 5.37 Å². The maximum absolute atomic E-state index is 12.0. The van der Waals surface area contributed by atoms with Crippen molar-refractivity contribution in [1.82, 2.24) is 10.2 Å². The number of aliphatic hydroxyl groups is 1. The fourth-order valence-electron chi connectivity index (χ4n) is 2.24. The molecule has 3 unspecified atom stereocenters. The molecule has 4 atom stereocenters. The number of nitrogens with zero attached hydrogens (tertiary/aromatic N) is 1. The summed E-state index contributed by atoms with van der Waals surface area (Å²) in [6, 6.07) is 0.0205. The second-order valence-electron chi connectivity index (χ2n) is 4.95. The Balaban J connectivity index is 2.11. The highest BCUT2D eigenvalue weighted by molar-refractivity contribution is 8.22. The first-order valence-electron chi connectivity index (χ1n) is 6.41. The van der Waals surface area contributed by atoms with Crippen molar-refractivity contribution in [3.05, 3.63) is 9.93 Å². The van der Waals surface area contributed by atoms with Crippen LogP contribution in [0.1, 0.15) is 13.8 Å². The van der Waals surface area contributed by atoms with E-state index in [0.717, 1.165) is 6.34 Å². The van der Waals surface area contributed by atoms with Gasteiger partial charge in [0, 0.05) is 11.8 Å². The van der Waals surface area contributed by atoms with Gasteiger partial charge < -0.3 is 15.5 Å². The number of fused-ring (bicyclic) bond motifs is 1. The molecule has 0 aromatic rings. The van der Waals surface area contributed by atoms with Crippen molar-refractivity contribution in [2.75, 3.05) is 5.75 Å². The Labute approximate surface area is 130 Å². The van der Waals surface area contributed by atoms with E-state index in [9.17, 15) is 19.8 Å². The molecule has 0 aromatic carbocycles. The minimum Gasteiger partial charge on any atom is -0.477 e. The quantitative estimate of drug-likeness (QED) is 0.305. The monoisotopic (exact) mass is 331 g/mol. The molecule has 2 aliphatic rings. The number of hydrogen-bond acceptors (Lipinski definition) is 6. The molecule has 1 amide bonds. The number of rotatable bonds is 7. The van der Waals surface area contributed by atoms with Crippen molar-refractivity contribution in [2.45, 2.75) is 31.4 Å². The molecule has 0 aliphatic carbocycles. The molecule has 0 aromatic heterocycles. The van der Waals surface area contributed by atoms with E-state index in [-0.39, 0.29) is 23.0 Å². The number of hydrogen-bond donors (Lipinski definition) is 4. The van der Waals surface area contributed by atoms with Crippen LogP contribution >= 0.6 is 23.5 Å². The average molecular weight is 331 g/mol. The van der Waals surface area contributed by atoms with Crippen molar-refractivity contribution in [3.8, 4) is 0 Å². The molecule has 0 radical (unpaired) electrons. The van der Waals surface area contributed by atoms with E-state index in [1.807, 2.05) is 6.92 Å². The van der Waals surface area contributed by atoms with E-state index in [0.29, 0.717) is 9.99 Å². The van der Waals surface area contributed by atoms with Crippen molar-refractivity contribution in [2.24, 2.45) is 5.92 Å². The van der Waals surface area contributed by atoms with E-state index in [2.05, 4.69) is 5.32 Å². The first-order chi connectivity index (χ1) is 9.88. The van der Waals surface area contributed by atoms with Crippen LogP contribution in [0.2, 0.25) is 0 Å². The van der Waals surface area contributed by atoms with Gasteiger partial charge in [-0.1, -0.05) is 11.8 Å². The molecule has 9 heteroatoms. The van der Waals surface area contributed by atoms with Crippen molar-refractivity contribution >= 4 is 41.7 Å². The normalized spacial score (nSPS) is 27.0. The highest BCUT2D eigenvalue weighted by Crippen LogP contribution is 2.53. The molecule has 0 bridgehead atoms. The maximum Gasteiger partial charge on any atom is 0.354 e. The zero-order valence-electron chi connectivity index (χ0n) is 11.6. The number of aliphatic carboxylic acids is 1. The Morgan fingerprint density at radius 2 is 2.29 bits per heavy atom. The topological polar surface area (TPSA) is 114 Å². The minimum atomic E-state index is -1.13. The fourth-order valence-corrected chi connectivity index (χ4v) is 5.16. The van der Waals surface area contributed by atoms with Gasteiger partial charge in [-0.3, -0.25) is 15.1 Å². The molecular weight excluding hydrogens is 314 g/mol. The minimum absolute atomic E-state index is 0.0129. The van der Waals surface area contributed by atoms with Crippen LogP contribution in [0, 0.1) is 11.3 Å². The Morgan fingerprint density at radius 3 is 2.81 bits per heavy atom. The van der Waals surface area contributed by atoms with Gasteiger partial charge in [-0.05, 0) is 13.8 Å². The summed E-state index contributed by atoms with van der Waals surface area (Å²) in [6.07, 6.45) is 0.309. The highest BCUT2D eigenvalue weighted by atomic mass is 32.2. The molecular formula is C12H17N3O4S2. The highest BCUT2D eigenvalue weighted by Gasteiger charge is 2.57. The molecule has 2 heterocycles. The number of carboxylic acid groups (broad SMARTS) is 1. The van der Waals surface area contributed by atoms with Crippen LogP contribution in [0.5, 0.6) is 0 Å². The van der Waals surface area contributed by atoms with Gasteiger partial charge in [-0.25, -0.2) is 4.79 Å². The Kier molecular flexibility index (Phi) is 4.84. The number of nitrogens with one attached hydrogen (secondary N) is 2. The Morgan fingerprint density at radius 1 is 1.62 bits per heavy atom. The zero-order chi connectivity index (χ0) is 15.7. The first kappa shape index (κ1) is 16.2. The number of carbonyl (C=O) groups is 2. The molecule has 21 heavy (non-hydrogen) atoms. The molecule has 1 fully saturated rings. The maximum atomic E-state index is 12.0. The summed E-state index contributed by atoms with van der Waals surface area (Å²) in [5.74, 6) is -1.42. The molecule has 7 nitrogen and oxygen atoms in total. The third-order valence-electron chi connectivity index (χ3n) is 3.30. The number of thioether (sulfide) groups is 2. The van der Waals surface area contributed by atoms with E-state index in [4.69, 9.17) is 5.41 Å². The van der Waals surface area contributed by atoms with E-state index in [1.54, 1.807) is 6.92 Å². The summed E-state index contributed by atoms with van der Waals surface area (Å²) in [4.78, 5) is 24.7. The Bertz CT molecular complexity index is 509. The number of carbonyl (C=O) groups excluding carboxylic acids is 1. The first-order valence-corrected chi connectivity index (χ1v) is 8.28. The summed E-state index contributed by atoms with van der Waals surface area (Å²) < 4.78 is 0.586. The van der Waals surface area contributed by atoms with Crippen LogP contribution in [-0.4, -0.2) is 56.6 Å². The van der Waals surface area contributed by atoms with Gasteiger partial charge in [0.15, 0.2) is 5.70 Å².